The summed E-state index contributed by atoms with van der Waals surface area (Å²) in [6.45, 7) is 0. The Bertz CT molecular complexity index is 2910. The van der Waals surface area contributed by atoms with Gasteiger partial charge in [-0.05, 0) is 128 Å². The number of rotatable bonds is 9. The lowest BCUT2D eigenvalue weighted by Crippen LogP contribution is -1.94. The largest absolute Gasteiger partial charge is 0.255 e. The van der Waals surface area contributed by atoms with E-state index in [0.29, 0.717) is 0 Å². The van der Waals surface area contributed by atoms with Crippen LogP contribution in [0.5, 0.6) is 0 Å². The second-order valence-electron chi connectivity index (χ2n) is 14.4. The second kappa shape index (κ2) is 16.3. The standard InChI is InChI=1S/C54H36N6/c1-2-12-46(42-27-23-40(24-28-42)44-35-53(49-15-5-9-31-57-49)60-54(36-44)50-16-6-10-32-58-50)45(11-1)41-25-21-38(22-26-41)37-17-19-39(20-18-37)43-33-51(47-13-3-7-29-55-47)59-52(34-43)48-14-4-8-30-56-48/h1-36H. The first-order valence-electron chi connectivity index (χ1n) is 19.8. The quantitative estimate of drug-likeness (QED) is 0.145. The molecule has 0 bridgehead atoms. The highest BCUT2D eigenvalue weighted by atomic mass is 14.8. The van der Waals surface area contributed by atoms with Gasteiger partial charge in [-0.15, -0.1) is 0 Å². The van der Waals surface area contributed by atoms with Gasteiger partial charge in [0.05, 0.1) is 45.6 Å². The molecule has 4 aromatic carbocycles. The zero-order valence-electron chi connectivity index (χ0n) is 32.5. The zero-order chi connectivity index (χ0) is 40.1. The minimum absolute atomic E-state index is 0.807. The first kappa shape index (κ1) is 36.1. The van der Waals surface area contributed by atoms with Gasteiger partial charge < -0.3 is 0 Å². The Morgan fingerprint density at radius 3 is 0.717 bits per heavy atom. The lowest BCUT2D eigenvalue weighted by Gasteiger charge is -2.13. The summed E-state index contributed by atoms with van der Waals surface area (Å²) in [5.74, 6) is 0. The van der Waals surface area contributed by atoms with Crippen LogP contribution >= 0.6 is 0 Å². The molecule has 6 heterocycles. The predicted molar refractivity (Wildman–Crippen MR) is 242 cm³/mol. The van der Waals surface area contributed by atoms with E-state index in [2.05, 4.69) is 141 Å². The van der Waals surface area contributed by atoms with Crippen molar-refractivity contribution in [2.45, 2.75) is 0 Å². The van der Waals surface area contributed by atoms with Crippen LogP contribution in [-0.4, -0.2) is 29.9 Å². The molecule has 0 spiro atoms. The van der Waals surface area contributed by atoms with E-state index in [4.69, 9.17) is 9.97 Å². The molecule has 0 radical (unpaired) electrons. The Morgan fingerprint density at radius 2 is 0.450 bits per heavy atom. The van der Waals surface area contributed by atoms with Crippen LogP contribution in [0.25, 0.3) is 101 Å². The van der Waals surface area contributed by atoms with Crippen LogP contribution in [0.3, 0.4) is 0 Å². The fraction of sp³-hybridized carbons (Fsp3) is 0. The Balaban J connectivity index is 0.918. The fourth-order valence-electron chi connectivity index (χ4n) is 7.50. The molecule has 0 saturated carbocycles. The molecule has 0 amide bonds. The molecule has 0 aliphatic rings. The van der Waals surface area contributed by atoms with E-state index in [0.717, 1.165) is 90.1 Å². The average molecular weight is 769 g/mol. The summed E-state index contributed by atoms with van der Waals surface area (Å²) < 4.78 is 0. The highest BCUT2D eigenvalue weighted by Crippen LogP contribution is 2.36. The summed E-state index contributed by atoms with van der Waals surface area (Å²) in [6.07, 6.45) is 7.18. The molecule has 10 rings (SSSR count). The van der Waals surface area contributed by atoms with Crippen molar-refractivity contribution < 1.29 is 0 Å². The monoisotopic (exact) mass is 768 g/mol. The summed E-state index contributed by atoms with van der Waals surface area (Å²) >= 11 is 0. The molecule has 0 saturated heterocycles. The number of nitrogens with zero attached hydrogens (tertiary/aromatic N) is 6. The third-order valence-corrected chi connectivity index (χ3v) is 10.6. The maximum absolute atomic E-state index is 4.95. The number of pyridine rings is 6. The predicted octanol–water partition coefficient (Wildman–Crippen LogP) is 13.1. The highest BCUT2D eigenvalue weighted by molar-refractivity contribution is 5.86. The molecule has 282 valence electrons. The summed E-state index contributed by atoms with van der Waals surface area (Å²) in [6, 6.07) is 66.9. The van der Waals surface area contributed by atoms with Crippen molar-refractivity contribution in [3.8, 4) is 101 Å². The maximum atomic E-state index is 4.95. The van der Waals surface area contributed by atoms with Gasteiger partial charge in [-0.1, -0.05) is 121 Å². The minimum Gasteiger partial charge on any atom is -0.255 e. The Labute approximate surface area is 348 Å². The summed E-state index contributed by atoms with van der Waals surface area (Å²) in [5, 5.41) is 0. The molecule has 6 heteroatoms. The van der Waals surface area contributed by atoms with Crippen molar-refractivity contribution in [1.82, 2.24) is 29.9 Å². The first-order valence-corrected chi connectivity index (χ1v) is 19.8. The van der Waals surface area contributed by atoms with Crippen LogP contribution in [0.4, 0.5) is 0 Å². The van der Waals surface area contributed by atoms with Crippen molar-refractivity contribution >= 4 is 0 Å². The Kier molecular flexibility index (Phi) is 9.84. The molecule has 0 N–H and O–H groups in total. The Hall–Kier alpha value is -8.22. The third kappa shape index (κ3) is 7.61. The molecular formula is C54H36N6. The van der Waals surface area contributed by atoms with Crippen LogP contribution in [-0.2, 0) is 0 Å². The topological polar surface area (TPSA) is 77.3 Å². The normalized spacial score (nSPS) is 11.0. The van der Waals surface area contributed by atoms with Crippen LogP contribution < -0.4 is 0 Å². The second-order valence-corrected chi connectivity index (χ2v) is 14.4. The van der Waals surface area contributed by atoms with Crippen LogP contribution in [0, 0.1) is 0 Å². The highest BCUT2D eigenvalue weighted by Gasteiger charge is 2.14. The average Bonchev–Trinajstić information content (AvgIpc) is 3.35. The molecule has 60 heavy (non-hydrogen) atoms. The van der Waals surface area contributed by atoms with Gasteiger partial charge in [0.25, 0.3) is 0 Å². The van der Waals surface area contributed by atoms with Crippen LogP contribution in [0.1, 0.15) is 0 Å². The SMILES string of the molecule is c1ccc(-c2cc(-c3ccc(-c4ccc(-c5ccccc5-c5ccc(-c6cc(-c7ccccn7)nc(-c7ccccn7)c6)cc5)cc4)cc3)cc(-c3ccccn3)n2)nc1. The van der Waals surface area contributed by atoms with Gasteiger partial charge in [-0.2, -0.15) is 0 Å². The van der Waals surface area contributed by atoms with E-state index in [-0.39, 0.29) is 0 Å². The summed E-state index contributed by atoms with van der Waals surface area (Å²) in [7, 11) is 0. The molecule has 10 aromatic rings. The lowest BCUT2D eigenvalue weighted by molar-refractivity contribution is 1.22. The molecular weight excluding hydrogens is 733 g/mol. The van der Waals surface area contributed by atoms with Gasteiger partial charge in [0.1, 0.15) is 0 Å². The number of hydrogen-bond donors (Lipinski definition) is 0. The zero-order valence-corrected chi connectivity index (χ0v) is 32.5. The number of hydrogen-bond acceptors (Lipinski definition) is 6. The lowest BCUT2D eigenvalue weighted by atomic mass is 9.92. The van der Waals surface area contributed by atoms with Crippen LogP contribution in [0.2, 0.25) is 0 Å². The smallest absolute Gasteiger partial charge is 0.0900 e. The maximum Gasteiger partial charge on any atom is 0.0900 e. The van der Waals surface area contributed by atoms with Gasteiger partial charge in [-0.3, -0.25) is 19.9 Å². The van der Waals surface area contributed by atoms with Crippen LogP contribution in [0.15, 0.2) is 219 Å². The van der Waals surface area contributed by atoms with Crippen molar-refractivity contribution in [2.24, 2.45) is 0 Å². The molecule has 0 aliphatic carbocycles. The van der Waals surface area contributed by atoms with E-state index >= 15 is 0 Å². The fourth-order valence-corrected chi connectivity index (χ4v) is 7.50. The number of aromatic nitrogens is 6. The summed E-state index contributed by atoms with van der Waals surface area (Å²) in [5.41, 5.74) is 17.8. The van der Waals surface area contributed by atoms with E-state index in [1.807, 2.05) is 72.8 Å². The van der Waals surface area contributed by atoms with Crippen molar-refractivity contribution in [1.29, 1.82) is 0 Å². The molecule has 6 nitrogen and oxygen atoms in total. The summed E-state index contributed by atoms with van der Waals surface area (Å²) in [4.78, 5) is 28.2. The molecule has 6 aromatic heterocycles. The Morgan fingerprint density at radius 1 is 0.200 bits per heavy atom. The van der Waals surface area contributed by atoms with Crippen molar-refractivity contribution in [3.63, 3.8) is 0 Å². The van der Waals surface area contributed by atoms with Gasteiger partial charge in [0.2, 0.25) is 0 Å². The van der Waals surface area contributed by atoms with Gasteiger partial charge in [-0.25, -0.2) is 9.97 Å². The third-order valence-electron chi connectivity index (χ3n) is 10.6. The molecule has 0 fully saturated rings. The first-order chi connectivity index (χ1) is 29.7. The van der Waals surface area contributed by atoms with Gasteiger partial charge in [0, 0.05) is 24.8 Å². The molecule has 0 aliphatic heterocycles. The van der Waals surface area contributed by atoms with E-state index in [1.165, 1.54) is 11.1 Å². The van der Waals surface area contributed by atoms with Gasteiger partial charge >= 0.3 is 0 Å². The van der Waals surface area contributed by atoms with Crippen molar-refractivity contribution in [2.75, 3.05) is 0 Å². The van der Waals surface area contributed by atoms with E-state index < -0.39 is 0 Å². The molecule has 0 atom stereocenters. The van der Waals surface area contributed by atoms with E-state index in [9.17, 15) is 0 Å². The van der Waals surface area contributed by atoms with Gasteiger partial charge in [0.15, 0.2) is 0 Å². The van der Waals surface area contributed by atoms with E-state index in [1.54, 1.807) is 24.8 Å². The minimum atomic E-state index is 0.807. The number of benzene rings is 4. The molecule has 0 unspecified atom stereocenters. The van der Waals surface area contributed by atoms with Crippen molar-refractivity contribution in [3.05, 3.63) is 219 Å².